The first kappa shape index (κ1) is 20.8. The van der Waals surface area contributed by atoms with E-state index in [9.17, 15) is 13.2 Å². The molecule has 28 heavy (non-hydrogen) atoms. The van der Waals surface area contributed by atoms with Gasteiger partial charge in [0.15, 0.2) is 0 Å². The average molecular weight is 412 g/mol. The van der Waals surface area contributed by atoms with E-state index in [1.165, 1.54) is 17.1 Å². The van der Waals surface area contributed by atoms with Crippen molar-refractivity contribution in [1.29, 1.82) is 0 Å². The predicted molar refractivity (Wildman–Crippen MR) is 108 cm³/mol. The summed E-state index contributed by atoms with van der Waals surface area (Å²) in [5.74, 6) is 0.759. The Bertz CT molecular complexity index is 755. The van der Waals surface area contributed by atoms with E-state index in [2.05, 4.69) is 20.5 Å². The Morgan fingerprint density at radius 3 is 2.50 bits per heavy atom. The minimum absolute atomic E-state index is 0.0353. The summed E-state index contributed by atoms with van der Waals surface area (Å²) in [6.45, 7) is 6.44. The highest BCUT2D eigenvalue weighted by atomic mass is 32.2. The number of ether oxygens (including phenoxy) is 1. The lowest BCUT2D eigenvalue weighted by atomic mass is 10.3. The fourth-order valence-corrected chi connectivity index (χ4v) is 5.04. The van der Waals surface area contributed by atoms with Crippen molar-refractivity contribution < 1.29 is 17.9 Å². The smallest absolute Gasteiger partial charge is 0.319 e. The molecule has 0 saturated carbocycles. The Hall–Kier alpha value is -1.91. The molecule has 0 aromatic carbocycles. The van der Waals surface area contributed by atoms with E-state index in [-0.39, 0.29) is 24.5 Å². The number of hydrogen-bond acceptors (Lipinski definition) is 6. The van der Waals surface area contributed by atoms with Crippen LogP contribution in [0, 0.1) is 0 Å². The number of morpholine rings is 1. The third-order valence-electron chi connectivity index (χ3n) is 4.86. The Kier molecular flexibility index (Phi) is 6.73. The molecule has 2 N–H and O–H groups in total. The van der Waals surface area contributed by atoms with Crippen molar-refractivity contribution in [3.05, 3.63) is 18.3 Å². The second-order valence-corrected chi connectivity index (χ2v) is 9.46. The number of amides is 2. The molecule has 2 aliphatic heterocycles. The van der Waals surface area contributed by atoms with Crippen molar-refractivity contribution in [3.63, 3.8) is 0 Å². The summed E-state index contributed by atoms with van der Waals surface area (Å²) in [6.07, 6.45) is 3.70. The maximum absolute atomic E-state index is 12.5. The topological polar surface area (TPSA) is 104 Å². The number of pyridine rings is 1. The maximum atomic E-state index is 12.5. The van der Waals surface area contributed by atoms with E-state index in [0.29, 0.717) is 18.8 Å². The fraction of sp³-hybridized carbons (Fsp3) is 0.667. The first-order chi connectivity index (χ1) is 13.3. The summed E-state index contributed by atoms with van der Waals surface area (Å²) in [7, 11) is -3.44. The van der Waals surface area contributed by atoms with Gasteiger partial charge in [0.2, 0.25) is 10.0 Å². The second kappa shape index (κ2) is 9.06. The standard InChI is InChI=1S/C18H29N5O4S/c1-14-12-23(13-15(2)27-14)28(25,26)10-7-19-18(24)21-16-5-6-17(20-11-16)22-8-3-4-9-22/h5-6,11,14-15H,3-4,7-10,12-13H2,1-2H3,(H2,19,21,24)/t14-,15-/m1/s1. The zero-order valence-corrected chi connectivity index (χ0v) is 17.2. The number of anilines is 2. The summed E-state index contributed by atoms with van der Waals surface area (Å²) in [4.78, 5) is 18.6. The van der Waals surface area contributed by atoms with Gasteiger partial charge in [-0.3, -0.25) is 0 Å². The summed E-state index contributed by atoms with van der Waals surface area (Å²) >= 11 is 0. The van der Waals surface area contributed by atoms with Crippen LogP contribution in [0.1, 0.15) is 26.7 Å². The SMILES string of the molecule is C[C@@H]1CN(S(=O)(=O)CCNC(=O)Nc2ccc(N3CCCC3)nc2)C[C@@H](C)O1. The fourth-order valence-electron chi connectivity index (χ4n) is 3.55. The minimum atomic E-state index is -3.44. The van der Waals surface area contributed by atoms with Gasteiger partial charge in [-0.05, 0) is 38.8 Å². The van der Waals surface area contributed by atoms with Crippen LogP contribution in [-0.4, -0.2) is 74.4 Å². The molecular weight excluding hydrogens is 382 g/mol. The van der Waals surface area contributed by atoms with Gasteiger partial charge in [-0.15, -0.1) is 0 Å². The second-order valence-electron chi connectivity index (χ2n) is 7.37. The third-order valence-corrected chi connectivity index (χ3v) is 6.67. The Morgan fingerprint density at radius 1 is 1.21 bits per heavy atom. The maximum Gasteiger partial charge on any atom is 0.319 e. The molecule has 2 aliphatic rings. The van der Waals surface area contributed by atoms with Gasteiger partial charge >= 0.3 is 6.03 Å². The van der Waals surface area contributed by atoms with E-state index < -0.39 is 16.1 Å². The summed E-state index contributed by atoms with van der Waals surface area (Å²) in [6, 6.07) is 3.23. The van der Waals surface area contributed by atoms with Crippen molar-refractivity contribution in [1.82, 2.24) is 14.6 Å². The van der Waals surface area contributed by atoms with Gasteiger partial charge in [-0.25, -0.2) is 18.2 Å². The first-order valence-corrected chi connectivity index (χ1v) is 11.3. The van der Waals surface area contributed by atoms with Crippen molar-refractivity contribution in [2.75, 3.05) is 48.7 Å². The van der Waals surface area contributed by atoms with Gasteiger partial charge in [0.25, 0.3) is 0 Å². The molecule has 3 heterocycles. The molecule has 1 aromatic rings. The van der Waals surface area contributed by atoms with Gasteiger partial charge in [-0.1, -0.05) is 0 Å². The zero-order chi connectivity index (χ0) is 20.1. The number of rotatable bonds is 6. The Morgan fingerprint density at radius 2 is 1.89 bits per heavy atom. The molecule has 10 heteroatoms. The summed E-state index contributed by atoms with van der Waals surface area (Å²) in [5.41, 5.74) is 0.569. The highest BCUT2D eigenvalue weighted by Crippen LogP contribution is 2.19. The van der Waals surface area contributed by atoms with Crippen LogP contribution in [0.2, 0.25) is 0 Å². The van der Waals surface area contributed by atoms with E-state index in [1.54, 1.807) is 12.3 Å². The molecule has 0 unspecified atom stereocenters. The molecule has 0 spiro atoms. The molecule has 0 aliphatic carbocycles. The monoisotopic (exact) mass is 411 g/mol. The predicted octanol–water partition coefficient (Wildman–Crippen LogP) is 1.24. The molecule has 1 aromatic heterocycles. The van der Waals surface area contributed by atoms with Crippen LogP contribution in [0.5, 0.6) is 0 Å². The van der Waals surface area contributed by atoms with E-state index in [4.69, 9.17) is 4.74 Å². The van der Waals surface area contributed by atoms with Gasteiger partial charge < -0.3 is 20.3 Å². The molecule has 2 amide bonds. The highest BCUT2D eigenvalue weighted by molar-refractivity contribution is 7.89. The van der Waals surface area contributed by atoms with Crippen LogP contribution in [0.25, 0.3) is 0 Å². The van der Waals surface area contributed by atoms with Gasteiger partial charge in [-0.2, -0.15) is 4.31 Å². The van der Waals surface area contributed by atoms with Crippen LogP contribution in [0.3, 0.4) is 0 Å². The molecule has 156 valence electrons. The van der Waals surface area contributed by atoms with Crippen LogP contribution in [-0.2, 0) is 14.8 Å². The van der Waals surface area contributed by atoms with Crippen molar-refractivity contribution >= 4 is 27.6 Å². The number of nitrogens with zero attached hydrogens (tertiary/aromatic N) is 3. The van der Waals surface area contributed by atoms with E-state index >= 15 is 0 Å². The molecule has 9 nitrogen and oxygen atoms in total. The van der Waals surface area contributed by atoms with E-state index in [0.717, 1.165) is 18.9 Å². The van der Waals surface area contributed by atoms with Crippen molar-refractivity contribution in [2.24, 2.45) is 0 Å². The van der Waals surface area contributed by atoms with Crippen LogP contribution >= 0.6 is 0 Å². The number of hydrogen-bond donors (Lipinski definition) is 2. The molecule has 0 bridgehead atoms. The number of urea groups is 1. The quantitative estimate of drug-likeness (QED) is 0.730. The van der Waals surface area contributed by atoms with Crippen molar-refractivity contribution in [3.8, 4) is 0 Å². The third kappa shape index (κ3) is 5.55. The van der Waals surface area contributed by atoms with Crippen molar-refractivity contribution in [2.45, 2.75) is 38.9 Å². The summed E-state index contributed by atoms with van der Waals surface area (Å²) in [5, 5.41) is 5.27. The lowest BCUT2D eigenvalue weighted by Crippen LogP contribution is -2.49. The number of carbonyl (C=O) groups is 1. The molecular formula is C18H29N5O4S. The largest absolute Gasteiger partial charge is 0.373 e. The zero-order valence-electron chi connectivity index (χ0n) is 16.4. The average Bonchev–Trinajstić information content (AvgIpc) is 3.16. The Balaban J connectivity index is 1.43. The van der Waals surface area contributed by atoms with Crippen LogP contribution < -0.4 is 15.5 Å². The summed E-state index contributed by atoms with van der Waals surface area (Å²) < 4.78 is 31.9. The molecule has 2 fully saturated rings. The highest BCUT2D eigenvalue weighted by Gasteiger charge is 2.30. The number of carbonyl (C=O) groups excluding carboxylic acids is 1. The first-order valence-electron chi connectivity index (χ1n) is 9.72. The molecule has 0 radical (unpaired) electrons. The molecule has 3 rings (SSSR count). The molecule has 2 atom stereocenters. The van der Waals surface area contributed by atoms with Gasteiger partial charge in [0, 0.05) is 32.7 Å². The molecule has 2 saturated heterocycles. The number of aromatic nitrogens is 1. The number of nitrogens with one attached hydrogen (secondary N) is 2. The van der Waals surface area contributed by atoms with Gasteiger partial charge in [0.1, 0.15) is 5.82 Å². The lowest BCUT2D eigenvalue weighted by molar-refractivity contribution is -0.0440. The number of sulfonamides is 1. The normalized spacial score (nSPS) is 23.6. The Labute approximate surface area is 166 Å². The van der Waals surface area contributed by atoms with Gasteiger partial charge in [0.05, 0.1) is 29.8 Å². The van der Waals surface area contributed by atoms with Crippen LogP contribution in [0.15, 0.2) is 18.3 Å². The minimum Gasteiger partial charge on any atom is -0.373 e. The van der Waals surface area contributed by atoms with Crippen LogP contribution in [0.4, 0.5) is 16.3 Å². The van der Waals surface area contributed by atoms with E-state index in [1.807, 2.05) is 19.9 Å². The lowest BCUT2D eigenvalue weighted by Gasteiger charge is -2.34.